The number of hydrogen-bond acceptors (Lipinski definition) is 7. The van der Waals surface area contributed by atoms with Crippen LogP contribution in [0.4, 0.5) is 4.39 Å². The van der Waals surface area contributed by atoms with E-state index in [4.69, 9.17) is 14.2 Å². The van der Waals surface area contributed by atoms with Gasteiger partial charge in [-0.1, -0.05) is 42.5 Å². The Labute approximate surface area is 223 Å². The summed E-state index contributed by atoms with van der Waals surface area (Å²) in [6, 6.07) is 15.2. The lowest BCUT2D eigenvalue weighted by atomic mass is 10.0. The molecule has 0 fully saturated rings. The lowest BCUT2D eigenvalue weighted by molar-refractivity contribution is -0.128. The Morgan fingerprint density at radius 3 is 2.56 bits per heavy atom. The number of likely N-dealkylation sites (N-methyl/N-ethyl adjacent to an activating group) is 1. The molecule has 0 aliphatic carbocycles. The summed E-state index contributed by atoms with van der Waals surface area (Å²) in [5, 5.41) is 2.55. The van der Waals surface area contributed by atoms with Gasteiger partial charge < -0.3 is 19.5 Å². The third-order valence-electron chi connectivity index (χ3n) is 6.41. The van der Waals surface area contributed by atoms with Gasteiger partial charge in [-0.3, -0.25) is 19.1 Å². The number of nitrogens with zero attached hydrogens (tertiary/aromatic N) is 2. The van der Waals surface area contributed by atoms with Gasteiger partial charge >= 0.3 is 5.97 Å². The van der Waals surface area contributed by atoms with Crippen LogP contribution in [0.5, 0.6) is 11.5 Å². The second kappa shape index (κ2) is 10.9. The van der Waals surface area contributed by atoms with Crippen molar-refractivity contribution >= 4 is 22.9 Å². The van der Waals surface area contributed by atoms with E-state index in [9.17, 15) is 18.8 Å². The third kappa shape index (κ3) is 5.05. The van der Waals surface area contributed by atoms with Gasteiger partial charge in [-0.2, -0.15) is 0 Å². The van der Waals surface area contributed by atoms with Crippen molar-refractivity contribution in [2.24, 2.45) is 0 Å². The number of esters is 1. The van der Waals surface area contributed by atoms with Crippen molar-refractivity contribution in [3.8, 4) is 11.5 Å². The smallest absolute Gasteiger partial charge is 0.347 e. The molecule has 0 unspecified atom stereocenters. The molecule has 3 heterocycles. The number of carbonyl (C=O) groups is 2. The van der Waals surface area contributed by atoms with Crippen LogP contribution >= 0.6 is 0 Å². The molecule has 1 atom stereocenters. The topological polar surface area (TPSA) is 109 Å². The normalized spacial score (nSPS) is 14.0. The number of hydrogen-bond donors (Lipinski definition) is 1. The average Bonchev–Trinajstić information content (AvgIpc) is 2.95. The zero-order valence-corrected chi connectivity index (χ0v) is 21.4. The summed E-state index contributed by atoms with van der Waals surface area (Å²) in [7, 11) is 1.47. The van der Waals surface area contributed by atoms with Crippen LogP contribution < -0.4 is 20.3 Å². The summed E-state index contributed by atoms with van der Waals surface area (Å²) in [5.41, 5.74) is 1.72. The summed E-state index contributed by atoms with van der Waals surface area (Å²) in [4.78, 5) is 44.1. The predicted octanol–water partition coefficient (Wildman–Crippen LogP) is 3.39. The second-order valence-corrected chi connectivity index (χ2v) is 8.95. The Balaban J connectivity index is 1.72. The molecule has 2 aromatic heterocycles. The molecule has 2 aromatic carbocycles. The van der Waals surface area contributed by atoms with Crippen LogP contribution in [0.2, 0.25) is 0 Å². The average molecular weight is 532 g/mol. The summed E-state index contributed by atoms with van der Waals surface area (Å²) < 4.78 is 32.2. The number of aromatic nitrogens is 2. The largest absolute Gasteiger partial charge is 0.485 e. The fourth-order valence-corrected chi connectivity index (χ4v) is 4.54. The van der Waals surface area contributed by atoms with E-state index in [1.807, 2.05) is 30.3 Å². The van der Waals surface area contributed by atoms with Crippen molar-refractivity contribution in [3.05, 3.63) is 99.2 Å². The van der Waals surface area contributed by atoms with Crippen LogP contribution in [0.15, 0.2) is 65.6 Å². The van der Waals surface area contributed by atoms with Crippen molar-refractivity contribution < 1.29 is 28.2 Å². The van der Waals surface area contributed by atoms with E-state index in [0.29, 0.717) is 17.5 Å². The molecule has 0 bridgehead atoms. The molecule has 1 aliphatic heterocycles. The molecule has 10 heteroatoms. The number of carbonyl (C=O) groups excluding carboxylic acids is 2. The molecule has 0 spiro atoms. The lowest BCUT2D eigenvalue weighted by Crippen LogP contribution is -2.45. The summed E-state index contributed by atoms with van der Waals surface area (Å²) in [6.07, 6.45) is 0.809. The Bertz CT molecular complexity index is 1600. The van der Waals surface area contributed by atoms with Crippen molar-refractivity contribution in [2.75, 3.05) is 13.7 Å². The standard InChI is InChI=1S/C29H26FN3O6/c1-3-37-29(36)22-26(38-16-18-7-5-4-6-8-18)23-24-25(39-21(27(34)31-2)15-33(24)28(22)35)19(14-32-23)13-17-9-11-20(30)12-10-17/h4-12,14,21H,3,13,15-16H2,1-2H3,(H,31,34)/t21-/m0/s1. The van der Waals surface area contributed by atoms with Gasteiger partial charge in [0.15, 0.2) is 23.2 Å². The molecule has 4 aromatic rings. The zero-order valence-electron chi connectivity index (χ0n) is 21.4. The molecule has 1 aliphatic rings. The number of rotatable bonds is 8. The number of pyridine rings is 2. The Morgan fingerprint density at radius 2 is 1.87 bits per heavy atom. The molecule has 0 saturated heterocycles. The first kappa shape index (κ1) is 25.9. The highest BCUT2D eigenvalue weighted by Crippen LogP contribution is 2.38. The number of amides is 1. The molecule has 39 heavy (non-hydrogen) atoms. The van der Waals surface area contributed by atoms with Gasteiger partial charge in [0.2, 0.25) is 0 Å². The third-order valence-corrected chi connectivity index (χ3v) is 6.41. The maximum absolute atomic E-state index is 13.8. The van der Waals surface area contributed by atoms with Crippen LogP contribution in [0.3, 0.4) is 0 Å². The van der Waals surface area contributed by atoms with E-state index in [-0.39, 0.29) is 48.2 Å². The number of halogens is 1. The van der Waals surface area contributed by atoms with E-state index >= 15 is 0 Å². The molecule has 9 nitrogen and oxygen atoms in total. The van der Waals surface area contributed by atoms with Gasteiger partial charge in [0.1, 0.15) is 23.5 Å². The van der Waals surface area contributed by atoms with Crippen LogP contribution in [-0.2, 0) is 29.1 Å². The molecule has 1 amide bonds. The van der Waals surface area contributed by atoms with Gasteiger partial charge in [-0.15, -0.1) is 0 Å². The van der Waals surface area contributed by atoms with Gasteiger partial charge in [0.25, 0.3) is 11.5 Å². The van der Waals surface area contributed by atoms with Crippen molar-refractivity contribution in [1.82, 2.24) is 14.9 Å². The fourth-order valence-electron chi connectivity index (χ4n) is 4.54. The molecule has 0 radical (unpaired) electrons. The van der Waals surface area contributed by atoms with Crippen LogP contribution in [0, 0.1) is 5.82 Å². The highest BCUT2D eigenvalue weighted by atomic mass is 19.1. The van der Waals surface area contributed by atoms with Gasteiger partial charge in [0, 0.05) is 25.2 Å². The van der Waals surface area contributed by atoms with Gasteiger partial charge in [-0.05, 0) is 30.2 Å². The highest BCUT2D eigenvalue weighted by Gasteiger charge is 2.35. The number of benzene rings is 2. The summed E-state index contributed by atoms with van der Waals surface area (Å²) in [6.45, 7) is 1.61. The monoisotopic (exact) mass is 531 g/mol. The highest BCUT2D eigenvalue weighted by molar-refractivity contribution is 6.00. The van der Waals surface area contributed by atoms with Crippen LogP contribution in [0.25, 0.3) is 11.0 Å². The van der Waals surface area contributed by atoms with Crippen molar-refractivity contribution in [3.63, 3.8) is 0 Å². The second-order valence-electron chi connectivity index (χ2n) is 8.95. The first-order valence-corrected chi connectivity index (χ1v) is 12.5. The molecule has 0 saturated carbocycles. The SMILES string of the molecule is CCOC(=O)c1c(OCc2ccccc2)c2ncc(Cc3ccc(F)cc3)c3c2n(c1=O)C[C@@H](C(=O)NC)O3. The summed E-state index contributed by atoms with van der Waals surface area (Å²) >= 11 is 0. The molecular formula is C29H26FN3O6. The Kier molecular flexibility index (Phi) is 7.27. The van der Waals surface area contributed by atoms with E-state index in [1.54, 1.807) is 25.3 Å². The predicted molar refractivity (Wildman–Crippen MR) is 140 cm³/mol. The van der Waals surface area contributed by atoms with Crippen molar-refractivity contribution in [2.45, 2.75) is 32.6 Å². The van der Waals surface area contributed by atoms with Gasteiger partial charge in [0.05, 0.1) is 13.2 Å². The van der Waals surface area contributed by atoms with E-state index in [0.717, 1.165) is 11.1 Å². The minimum absolute atomic E-state index is 0.0230. The molecule has 5 rings (SSSR count). The fraction of sp³-hybridized carbons (Fsp3) is 0.241. The minimum atomic E-state index is -1.04. The van der Waals surface area contributed by atoms with Gasteiger partial charge in [-0.25, -0.2) is 9.18 Å². The summed E-state index contributed by atoms with van der Waals surface area (Å²) in [5.74, 6) is -1.41. The quantitative estimate of drug-likeness (QED) is 0.347. The van der Waals surface area contributed by atoms with E-state index in [1.165, 1.54) is 23.7 Å². The van der Waals surface area contributed by atoms with Crippen molar-refractivity contribution in [1.29, 1.82) is 0 Å². The zero-order chi connectivity index (χ0) is 27.5. The first-order chi connectivity index (χ1) is 18.9. The van der Waals surface area contributed by atoms with Crippen LogP contribution in [0.1, 0.15) is 34.0 Å². The maximum atomic E-state index is 13.8. The Hall–Kier alpha value is -4.73. The minimum Gasteiger partial charge on any atom is -0.485 e. The van der Waals surface area contributed by atoms with E-state index in [2.05, 4.69) is 10.3 Å². The van der Waals surface area contributed by atoms with Crippen LogP contribution in [-0.4, -0.2) is 41.2 Å². The number of nitrogens with one attached hydrogen (secondary N) is 1. The maximum Gasteiger partial charge on any atom is 0.347 e. The number of ether oxygens (including phenoxy) is 3. The van der Waals surface area contributed by atoms with E-state index < -0.39 is 23.5 Å². The molecule has 1 N–H and O–H groups in total. The molecule has 200 valence electrons. The Morgan fingerprint density at radius 1 is 1.13 bits per heavy atom. The lowest BCUT2D eigenvalue weighted by Gasteiger charge is -2.29. The molecular weight excluding hydrogens is 505 g/mol. The first-order valence-electron chi connectivity index (χ1n) is 12.5.